The number of hydrogen-bond donors (Lipinski definition) is 2. The first-order valence-corrected chi connectivity index (χ1v) is 9.90. The van der Waals surface area contributed by atoms with Crippen molar-refractivity contribution >= 4 is 41.1 Å². The summed E-state index contributed by atoms with van der Waals surface area (Å²) in [5.41, 5.74) is 9.19. The smallest absolute Gasteiger partial charge is 0.293 e. The molecule has 0 radical (unpaired) electrons. The largest absolute Gasteiger partial charge is 0.379 e. The van der Waals surface area contributed by atoms with Gasteiger partial charge in [-0.3, -0.25) is 9.69 Å². The van der Waals surface area contributed by atoms with Crippen molar-refractivity contribution in [3.8, 4) is 5.82 Å². The predicted molar refractivity (Wildman–Crippen MR) is 111 cm³/mol. The molecule has 0 spiro atoms. The Balaban J connectivity index is 1.59. The predicted octanol–water partition coefficient (Wildman–Crippen LogP) is 1.14. The van der Waals surface area contributed by atoms with Crippen LogP contribution in [-0.4, -0.2) is 68.6 Å². The normalized spacial score (nSPS) is 14.9. The van der Waals surface area contributed by atoms with E-state index < -0.39 is 5.91 Å². The summed E-state index contributed by atoms with van der Waals surface area (Å²) in [6.45, 7) is 2.88. The molecule has 3 N–H and O–H groups in total. The van der Waals surface area contributed by atoms with E-state index in [1.165, 1.54) is 10.9 Å². The van der Waals surface area contributed by atoms with Crippen LogP contribution >= 0.6 is 23.2 Å². The Labute approximate surface area is 185 Å². The summed E-state index contributed by atoms with van der Waals surface area (Å²) in [6.07, 6.45) is 1.36. The first-order valence-electron chi connectivity index (χ1n) is 9.15. The molecule has 1 fully saturated rings. The average molecular weight is 466 g/mol. The van der Waals surface area contributed by atoms with E-state index in [0.717, 1.165) is 0 Å². The van der Waals surface area contributed by atoms with E-state index in [1.54, 1.807) is 18.2 Å². The van der Waals surface area contributed by atoms with Crippen molar-refractivity contribution in [1.82, 2.24) is 35.6 Å². The number of aromatic nitrogens is 5. The molecule has 0 bridgehead atoms. The second-order valence-corrected chi connectivity index (χ2v) is 7.31. The Kier molecular flexibility index (Phi) is 6.42. The van der Waals surface area contributed by atoms with Crippen LogP contribution in [0, 0.1) is 0 Å². The second-order valence-electron chi connectivity index (χ2n) is 6.49. The molecule has 0 saturated carbocycles. The standard InChI is InChI=1S/C17H17Cl2N9O3/c18-11-2-1-3-12(19)10(11)8-21-23-17(29)14-13(9-27-4-6-30-7-5-27)28(26-22-14)16-15(20)24-31-25-16/h1-3,8H,4-7,9H2,(H2,20,24)(H,23,29)/b21-8+. The third-order valence-electron chi connectivity index (χ3n) is 4.51. The number of nitrogens with two attached hydrogens (primary N) is 1. The molecular formula is C17H17Cl2N9O3. The summed E-state index contributed by atoms with van der Waals surface area (Å²) in [5, 5.41) is 20.1. The fourth-order valence-corrected chi connectivity index (χ4v) is 3.44. The highest BCUT2D eigenvalue weighted by atomic mass is 35.5. The molecule has 1 saturated heterocycles. The number of hydrazone groups is 1. The van der Waals surface area contributed by atoms with Gasteiger partial charge in [-0.25, -0.2) is 10.1 Å². The Morgan fingerprint density at radius 1 is 1.26 bits per heavy atom. The van der Waals surface area contributed by atoms with E-state index in [9.17, 15) is 4.79 Å². The molecule has 0 unspecified atom stereocenters. The number of carbonyl (C=O) groups excluding carboxylic acids is 1. The Hall–Kier alpha value is -3.06. The summed E-state index contributed by atoms with van der Waals surface area (Å²) < 4.78 is 11.4. The molecule has 3 aromatic rings. The van der Waals surface area contributed by atoms with Gasteiger partial charge in [0.15, 0.2) is 5.69 Å². The molecule has 1 aromatic carbocycles. The van der Waals surface area contributed by atoms with Gasteiger partial charge >= 0.3 is 0 Å². The van der Waals surface area contributed by atoms with Crippen molar-refractivity contribution in [1.29, 1.82) is 0 Å². The number of amides is 1. The van der Waals surface area contributed by atoms with Gasteiger partial charge in [0.2, 0.25) is 11.6 Å². The fraction of sp³-hybridized carbons (Fsp3) is 0.294. The number of benzene rings is 1. The maximum absolute atomic E-state index is 12.8. The zero-order valence-corrected chi connectivity index (χ0v) is 17.5. The van der Waals surface area contributed by atoms with Crippen LogP contribution < -0.4 is 11.2 Å². The lowest BCUT2D eigenvalue weighted by Gasteiger charge is -2.26. The lowest BCUT2D eigenvalue weighted by atomic mass is 10.2. The van der Waals surface area contributed by atoms with Gasteiger partial charge in [-0.05, 0) is 22.4 Å². The summed E-state index contributed by atoms with van der Waals surface area (Å²) in [4.78, 5) is 14.9. The Morgan fingerprint density at radius 3 is 2.68 bits per heavy atom. The minimum absolute atomic E-state index is 0.0199. The van der Waals surface area contributed by atoms with Gasteiger partial charge in [-0.2, -0.15) is 9.78 Å². The van der Waals surface area contributed by atoms with Crippen LogP contribution in [-0.2, 0) is 11.3 Å². The fourth-order valence-electron chi connectivity index (χ4n) is 2.94. The average Bonchev–Trinajstić information content (AvgIpc) is 3.36. The van der Waals surface area contributed by atoms with Gasteiger partial charge in [0, 0.05) is 25.2 Å². The molecule has 1 amide bonds. The molecule has 3 heterocycles. The van der Waals surface area contributed by atoms with E-state index in [0.29, 0.717) is 54.2 Å². The summed E-state index contributed by atoms with van der Waals surface area (Å²) in [5.74, 6) is -0.420. The molecule has 1 aliphatic heterocycles. The van der Waals surface area contributed by atoms with E-state index in [1.807, 2.05) is 0 Å². The maximum Gasteiger partial charge on any atom is 0.293 e. The van der Waals surface area contributed by atoms with Crippen LogP contribution in [0.15, 0.2) is 27.9 Å². The van der Waals surface area contributed by atoms with E-state index >= 15 is 0 Å². The number of halogens is 2. The number of hydrogen-bond acceptors (Lipinski definition) is 10. The van der Waals surface area contributed by atoms with E-state index in [4.69, 9.17) is 33.7 Å². The molecule has 0 aliphatic carbocycles. The number of ether oxygens (including phenoxy) is 1. The molecule has 14 heteroatoms. The molecule has 4 rings (SSSR count). The zero-order valence-electron chi connectivity index (χ0n) is 16.0. The maximum atomic E-state index is 12.8. The van der Waals surface area contributed by atoms with Crippen molar-refractivity contribution < 1.29 is 14.2 Å². The molecule has 0 atom stereocenters. The number of morpholine rings is 1. The highest BCUT2D eigenvalue weighted by molar-refractivity contribution is 6.38. The van der Waals surface area contributed by atoms with Crippen LogP contribution in [0.5, 0.6) is 0 Å². The lowest BCUT2D eigenvalue weighted by Crippen LogP contribution is -2.37. The zero-order chi connectivity index (χ0) is 21.8. The van der Waals surface area contributed by atoms with Crippen molar-refractivity contribution in [2.24, 2.45) is 5.10 Å². The quantitative estimate of drug-likeness (QED) is 0.403. The lowest BCUT2D eigenvalue weighted by molar-refractivity contribution is 0.0332. The van der Waals surface area contributed by atoms with Gasteiger partial charge in [0.25, 0.3) is 5.91 Å². The highest BCUT2D eigenvalue weighted by Gasteiger charge is 2.26. The molecule has 1 aliphatic rings. The monoisotopic (exact) mass is 465 g/mol. The number of carbonyl (C=O) groups is 1. The molecule has 12 nitrogen and oxygen atoms in total. The van der Waals surface area contributed by atoms with Crippen molar-refractivity contribution in [3.63, 3.8) is 0 Å². The van der Waals surface area contributed by atoms with Gasteiger partial charge in [-0.15, -0.1) is 5.10 Å². The molecule has 2 aromatic heterocycles. The van der Waals surface area contributed by atoms with E-state index in [-0.39, 0.29) is 17.3 Å². The van der Waals surface area contributed by atoms with Gasteiger partial charge < -0.3 is 10.5 Å². The Bertz CT molecular complexity index is 1090. The summed E-state index contributed by atoms with van der Waals surface area (Å²) >= 11 is 12.2. The van der Waals surface area contributed by atoms with E-state index in [2.05, 4.69) is 40.7 Å². The molecular weight excluding hydrogens is 449 g/mol. The van der Waals surface area contributed by atoms with Crippen molar-refractivity contribution in [2.45, 2.75) is 6.54 Å². The van der Waals surface area contributed by atoms with Crippen molar-refractivity contribution in [3.05, 3.63) is 45.2 Å². The summed E-state index contributed by atoms with van der Waals surface area (Å²) in [7, 11) is 0. The first-order chi connectivity index (χ1) is 15.0. The molecule has 31 heavy (non-hydrogen) atoms. The van der Waals surface area contributed by atoms with Crippen LogP contribution in [0.2, 0.25) is 10.0 Å². The number of nitrogens with one attached hydrogen (secondary N) is 1. The number of anilines is 1. The second kappa shape index (κ2) is 9.39. The highest BCUT2D eigenvalue weighted by Crippen LogP contribution is 2.22. The minimum Gasteiger partial charge on any atom is -0.379 e. The third kappa shape index (κ3) is 4.66. The van der Waals surface area contributed by atoms with Crippen LogP contribution in [0.3, 0.4) is 0 Å². The van der Waals surface area contributed by atoms with Gasteiger partial charge in [-0.1, -0.05) is 34.5 Å². The number of nitrogens with zero attached hydrogens (tertiary/aromatic N) is 7. The van der Waals surface area contributed by atoms with Crippen LogP contribution in [0.25, 0.3) is 5.82 Å². The van der Waals surface area contributed by atoms with Crippen molar-refractivity contribution in [2.75, 3.05) is 32.0 Å². The minimum atomic E-state index is -0.580. The number of rotatable bonds is 6. The van der Waals surface area contributed by atoms with Gasteiger partial charge in [0.1, 0.15) is 0 Å². The third-order valence-corrected chi connectivity index (χ3v) is 5.17. The summed E-state index contributed by atoms with van der Waals surface area (Å²) in [6, 6.07) is 5.04. The van der Waals surface area contributed by atoms with Gasteiger partial charge in [0.05, 0.1) is 35.2 Å². The first kappa shape index (κ1) is 21.2. The Morgan fingerprint density at radius 2 is 2.00 bits per heavy atom. The topological polar surface area (TPSA) is 150 Å². The number of nitrogen functional groups attached to an aromatic ring is 1. The SMILES string of the molecule is Nc1nonc1-n1nnc(C(=O)N/N=C/c2c(Cl)cccc2Cl)c1CN1CCOCC1. The van der Waals surface area contributed by atoms with Crippen LogP contribution in [0.1, 0.15) is 21.7 Å². The van der Waals surface area contributed by atoms with Crippen LogP contribution in [0.4, 0.5) is 5.82 Å². The molecule has 162 valence electrons.